The Morgan fingerprint density at radius 2 is 0.883 bits per heavy atom. The summed E-state index contributed by atoms with van der Waals surface area (Å²) in [5, 5.41) is 15.3. The molecule has 0 bridgehead atoms. The van der Waals surface area contributed by atoms with E-state index in [0.29, 0.717) is 117 Å². The lowest BCUT2D eigenvalue weighted by Crippen LogP contribution is -2.55. The van der Waals surface area contributed by atoms with Crippen LogP contribution in [0.3, 0.4) is 0 Å². The number of nitrogens with one attached hydrogen (secondary N) is 4. The molecule has 7 amide bonds. The number of aromatic nitrogens is 7. The van der Waals surface area contributed by atoms with Gasteiger partial charge in [0.2, 0.25) is 23.8 Å². The number of anilines is 13. The second-order valence-corrected chi connectivity index (χ2v) is 29.5. The number of nitrogens with zero attached hydrogens (tertiary/aromatic N) is 15. The molecule has 15 rings (SSSR count). The van der Waals surface area contributed by atoms with Gasteiger partial charge in [-0.3, -0.25) is 43.8 Å². The van der Waals surface area contributed by atoms with Crippen molar-refractivity contribution in [2.24, 2.45) is 0 Å². The summed E-state index contributed by atoms with van der Waals surface area (Å²) in [5.41, 5.74) is 9.47. The van der Waals surface area contributed by atoms with Crippen LogP contribution in [0.1, 0.15) is 60.4 Å². The number of carbonyl (C=O) groups is 6. The van der Waals surface area contributed by atoms with Crippen molar-refractivity contribution in [1.82, 2.24) is 44.7 Å². The molecule has 9 heterocycles. The van der Waals surface area contributed by atoms with E-state index in [0.717, 1.165) is 102 Å². The van der Waals surface area contributed by atoms with E-state index in [1.54, 1.807) is 126 Å². The Kier molecular flexibility index (Phi) is 27.0. The molecular weight excluding hydrogens is 1550 g/mol. The molecule has 0 unspecified atom stereocenters. The highest BCUT2D eigenvalue weighted by Gasteiger charge is 2.42. The number of ether oxygens (including phenoxy) is 6. The van der Waals surface area contributed by atoms with E-state index in [1.165, 1.54) is 34.5 Å². The first kappa shape index (κ1) is 84.1. The molecule has 620 valence electrons. The summed E-state index contributed by atoms with van der Waals surface area (Å²) >= 11 is 1.52. The fraction of sp³-hybridized carbons (Fsp3) is 0.284. The molecule has 10 aromatic rings. The van der Waals surface area contributed by atoms with Crippen LogP contribution in [0, 0.1) is 0 Å². The number of hydrogen-bond acceptors (Lipinski definition) is 25. The first-order valence-corrected chi connectivity index (χ1v) is 39.8. The molecule has 0 saturated carbocycles. The maximum Gasteiger partial charge on any atom is 0.330 e. The predicted octanol–water partition coefficient (Wildman–Crippen LogP) is 14.6. The van der Waals surface area contributed by atoms with Gasteiger partial charge in [0.15, 0.2) is 11.6 Å². The van der Waals surface area contributed by atoms with Gasteiger partial charge >= 0.3 is 18.1 Å². The molecule has 4 aromatic heterocycles. The Morgan fingerprint density at radius 3 is 1.32 bits per heavy atom. The van der Waals surface area contributed by atoms with Gasteiger partial charge in [-0.1, -0.05) is 69.1 Å². The van der Waals surface area contributed by atoms with Crippen LogP contribution in [0.5, 0.6) is 34.5 Å². The number of likely N-dealkylation sites (tertiary alicyclic amines) is 2. The van der Waals surface area contributed by atoms with Crippen molar-refractivity contribution in [3.05, 3.63) is 217 Å². The van der Waals surface area contributed by atoms with Crippen LogP contribution in [0.15, 0.2) is 189 Å². The van der Waals surface area contributed by atoms with Crippen molar-refractivity contribution in [1.29, 1.82) is 0 Å². The Hall–Kier alpha value is -13.9. The fourth-order valence-electron chi connectivity index (χ4n) is 14.6. The topological polar surface area (TPSA) is 322 Å². The van der Waals surface area contributed by atoms with Gasteiger partial charge < -0.3 is 59.5 Å². The van der Waals surface area contributed by atoms with Gasteiger partial charge in [-0.15, -0.1) is 11.3 Å². The van der Waals surface area contributed by atoms with E-state index >= 15 is 0 Å². The van der Waals surface area contributed by atoms with Gasteiger partial charge in [0.1, 0.15) is 57.0 Å². The van der Waals surface area contributed by atoms with Gasteiger partial charge in [-0.25, -0.2) is 34.3 Å². The summed E-state index contributed by atoms with van der Waals surface area (Å²) < 4.78 is 32.6. The molecular formula is C88H95N19O12S. The zero-order chi connectivity index (χ0) is 84.7. The number of thiazole rings is 1. The highest BCUT2D eigenvalue weighted by molar-refractivity contribution is 7.13. The Bertz CT molecular complexity index is 5400. The van der Waals surface area contributed by atoms with Gasteiger partial charge in [0.05, 0.1) is 90.7 Å². The van der Waals surface area contributed by atoms with E-state index in [4.69, 9.17) is 38.4 Å². The molecule has 0 aliphatic carbocycles. The molecule has 6 aromatic carbocycles. The molecule has 2 saturated heterocycles. The Morgan fingerprint density at radius 1 is 0.475 bits per heavy atom. The fourth-order valence-corrected chi connectivity index (χ4v) is 15.2. The summed E-state index contributed by atoms with van der Waals surface area (Å²) in [6.07, 6.45) is 14.5. The third-order valence-electron chi connectivity index (χ3n) is 21.1. The SMILES string of the molecule is C=CC(=O)Cc1ccc(-c2nccs2)cc1Nc1ncc2c(n1)N(C)C(=O)N(c1cc(OC)cc(OC)c1)C2.C=CC(=O)Cc1ccccc1Nc1ncc2c(n1)N(C1CCN(C)CC1)C(=O)N(c1cc(OC)cc(OC)c1)C2.C=CC(=O)Nc1ccccc1Nc1ncc2c(n1)N(C1CCN(CC)CC1)C(=O)N(c1cc(OC)cc(OC)c1)C2. The van der Waals surface area contributed by atoms with Crippen molar-refractivity contribution >= 4 is 122 Å². The van der Waals surface area contributed by atoms with Gasteiger partial charge in [0.25, 0.3) is 0 Å². The minimum absolute atomic E-state index is 0.0157. The number of allylic oxidation sites excluding steroid dienone is 2. The van der Waals surface area contributed by atoms with Crippen LogP contribution in [-0.4, -0.2) is 182 Å². The van der Waals surface area contributed by atoms with E-state index in [1.807, 2.05) is 100 Å². The number of carbonyl (C=O) groups excluding carboxylic acids is 6. The number of amides is 7. The second-order valence-electron chi connectivity index (χ2n) is 28.6. The molecule has 31 nitrogen and oxygen atoms in total. The zero-order valence-electron chi connectivity index (χ0n) is 68.4. The third kappa shape index (κ3) is 19.4. The molecule has 5 aliphatic heterocycles. The number of benzene rings is 6. The average molecular weight is 1640 g/mol. The highest BCUT2D eigenvalue weighted by atomic mass is 32.1. The number of rotatable bonds is 27. The summed E-state index contributed by atoms with van der Waals surface area (Å²) in [6, 6.07) is 36.1. The lowest BCUT2D eigenvalue weighted by atomic mass is 10.0. The lowest BCUT2D eigenvalue weighted by molar-refractivity contribution is -0.114. The molecule has 0 spiro atoms. The van der Waals surface area contributed by atoms with E-state index in [2.05, 4.69) is 89.7 Å². The van der Waals surface area contributed by atoms with Crippen molar-refractivity contribution in [2.45, 2.75) is 77.2 Å². The van der Waals surface area contributed by atoms with Crippen LogP contribution in [0.2, 0.25) is 0 Å². The van der Waals surface area contributed by atoms with Gasteiger partial charge in [-0.2, -0.15) is 15.0 Å². The van der Waals surface area contributed by atoms with Crippen LogP contribution >= 0.6 is 11.3 Å². The van der Waals surface area contributed by atoms with Crippen molar-refractivity contribution in [2.75, 3.05) is 140 Å². The lowest BCUT2D eigenvalue weighted by Gasteiger charge is -2.43. The summed E-state index contributed by atoms with van der Waals surface area (Å²) in [5.74, 6) is 5.70. The molecule has 32 heteroatoms. The summed E-state index contributed by atoms with van der Waals surface area (Å²) in [4.78, 5) is 125. The number of hydrogen-bond donors (Lipinski definition) is 4. The molecule has 0 atom stereocenters. The van der Waals surface area contributed by atoms with Crippen LogP contribution in [0.4, 0.5) is 89.5 Å². The predicted molar refractivity (Wildman–Crippen MR) is 465 cm³/mol. The number of fused-ring (bicyclic) bond motifs is 3. The van der Waals surface area contributed by atoms with Crippen molar-refractivity contribution < 1.29 is 57.2 Å². The normalized spacial score (nSPS) is 14.8. The molecule has 2 fully saturated rings. The van der Waals surface area contributed by atoms with Crippen LogP contribution < -0.4 is 79.1 Å². The maximum absolute atomic E-state index is 14.2. The molecule has 5 aliphatic rings. The number of para-hydroxylation sites is 3. The average Bonchev–Trinajstić information content (AvgIpc) is 0.920. The second kappa shape index (κ2) is 38.5. The standard InChI is InChI=1S/C30H35N7O4.C30H34N6O4.C28H26N6O4S/c1-5-27(38)32-25-9-7-8-10-26(25)33-29-31-18-20-19-36(22-15-23(40-3)17-24(16-22)41-4)30(39)37(28(20)34-29)21-11-13-35(6-2)14-12-21;1-5-24(37)14-20-8-6-7-9-27(20)32-29-31-18-21-19-35(23-15-25(39-3)17-26(16-23)40-4)30(38)36(28(21)33-29)22-10-12-34(2)13-11-22;1-5-21(35)10-17-6-7-18(26-29-8-9-39-26)11-24(17)31-27-30-15-19-16-34(28(36)33(2)25(19)32-27)20-12-22(37-3)14-23(13-20)38-4/h5,7-10,15-18,21H,1,6,11-14,19H2,2-4H3,(H,32,38)(H,31,33,34);5-9,15-18,22H,1,10-14,19H2,2-4H3,(H,31,32,33);5-9,11-15H,1,10,16H2,2-4H3,(H,30,31,32). The van der Waals surface area contributed by atoms with E-state index in [-0.39, 0.29) is 67.0 Å². The zero-order valence-corrected chi connectivity index (χ0v) is 69.2. The van der Waals surface area contributed by atoms with Crippen LogP contribution in [-0.2, 0) is 46.9 Å². The summed E-state index contributed by atoms with van der Waals surface area (Å²) in [7, 11) is 13.2. The molecule has 0 radical (unpaired) electrons. The largest absolute Gasteiger partial charge is 0.497 e. The molecule has 120 heavy (non-hydrogen) atoms. The highest BCUT2D eigenvalue weighted by Crippen LogP contribution is 2.42. The minimum Gasteiger partial charge on any atom is -0.497 e. The first-order valence-electron chi connectivity index (χ1n) is 38.9. The minimum atomic E-state index is -0.324. The monoisotopic (exact) mass is 1640 g/mol. The van der Waals surface area contributed by atoms with Gasteiger partial charge in [-0.05, 0) is 106 Å². The summed E-state index contributed by atoms with van der Waals surface area (Å²) in [6.45, 7) is 18.3. The number of piperidine rings is 2. The Labute approximate surface area is 699 Å². The van der Waals surface area contributed by atoms with Gasteiger partial charge in [0, 0.05) is 163 Å². The maximum atomic E-state index is 14.2. The van der Waals surface area contributed by atoms with Crippen LogP contribution in [0.25, 0.3) is 10.6 Å². The molecule has 4 N–H and O–H groups in total. The third-order valence-corrected chi connectivity index (χ3v) is 22.0. The Balaban J connectivity index is 0.000000156. The quantitative estimate of drug-likeness (QED) is 0.0348. The van der Waals surface area contributed by atoms with Crippen molar-refractivity contribution in [3.8, 4) is 45.1 Å². The number of urea groups is 3. The van der Waals surface area contributed by atoms with Crippen molar-refractivity contribution in [3.63, 3.8) is 0 Å². The first-order chi connectivity index (χ1) is 58.2. The van der Waals surface area contributed by atoms with E-state index < -0.39 is 0 Å². The number of ketones is 2. The number of methoxy groups -OCH3 is 6. The van der Waals surface area contributed by atoms with E-state index in [9.17, 15) is 28.8 Å². The smallest absolute Gasteiger partial charge is 0.330 e.